The molecule has 1 atom stereocenters. The fraction of sp³-hybridized carbons (Fsp3) is 0.371. The number of piperidine rings is 1. The molecule has 0 saturated carbocycles. The zero-order valence-corrected chi connectivity index (χ0v) is 23.1. The van der Waals surface area contributed by atoms with E-state index in [-0.39, 0.29) is 6.10 Å². The molecule has 0 N–H and O–H groups in total. The average molecular weight is 494 g/mol. The van der Waals surface area contributed by atoms with Crippen LogP contribution < -0.4 is 0 Å². The van der Waals surface area contributed by atoms with Gasteiger partial charge in [-0.25, -0.2) is 0 Å². The van der Waals surface area contributed by atoms with Crippen LogP contribution in [0.3, 0.4) is 0 Å². The van der Waals surface area contributed by atoms with E-state index < -0.39 is 0 Å². The molecular formula is C35H43NO. The van der Waals surface area contributed by atoms with Crippen molar-refractivity contribution >= 4 is 0 Å². The number of allylic oxidation sites excluding steroid dienone is 3. The second-order valence-electron chi connectivity index (χ2n) is 9.88. The van der Waals surface area contributed by atoms with Gasteiger partial charge in [0.05, 0.1) is 6.61 Å². The second-order valence-corrected chi connectivity index (χ2v) is 9.88. The third kappa shape index (κ3) is 6.32. The molecule has 1 heterocycles. The van der Waals surface area contributed by atoms with Gasteiger partial charge in [-0.15, -0.1) is 0 Å². The van der Waals surface area contributed by atoms with Crippen molar-refractivity contribution in [1.29, 1.82) is 0 Å². The van der Waals surface area contributed by atoms with Crippen molar-refractivity contribution in [2.75, 3.05) is 26.2 Å². The van der Waals surface area contributed by atoms with Gasteiger partial charge in [0.2, 0.25) is 0 Å². The summed E-state index contributed by atoms with van der Waals surface area (Å²) < 4.78 is 6.63. The van der Waals surface area contributed by atoms with Crippen LogP contribution in [-0.2, 0) is 4.74 Å². The summed E-state index contributed by atoms with van der Waals surface area (Å²) in [6.07, 6.45) is 9.18. The first-order valence-corrected chi connectivity index (χ1v) is 14.1. The summed E-state index contributed by atoms with van der Waals surface area (Å²) in [7, 11) is 0. The van der Waals surface area contributed by atoms with E-state index >= 15 is 0 Å². The highest BCUT2D eigenvalue weighted by Crippen LogP contribution is 2.45. The smallest absolute Gasteiger partial charge is 0.109 e. The second kappa shape index (κ2) is 13.6. The van der Waals surface area contributed by atoms with Gasteiger partial charge in [0, 0.05) is 12.5 Å². The first kappa shape index (κ1) is 27.1. The molecule has 194 valence electrons. The lowest BCUT2D eigenvalue weighted by Crippen LogP contribution is -2.38. The maximum atomic E-state index is 6.63. The van der Waals surface area contributed by atoms with Crippen LogP contribution in [0.25, 0.3) is 11.1 Å². The van der Waals surface area contributed by atoms with Crippen molar-refractivity contribution in [3.05, 3.63) is 119 Å². The van der Waals surface area contributed by atoms with E-state index in [0.717, 1.165) is 26.2 Å². The lowest BCUT2D eigenvalue weighted by molar-refractivity contribution is 0.0325. The zero-order valence-electron chi connectivity index (χ0n) is 23.1. The predicted molar refractivity (Wildman–Crippen MR) is 158 cm³/mol. The Kier molecular flexibility index (Phi) is 9.93. The Morgan fingerprint density at radius 3 is 1.97 bits per heavy atom. The number of nitrogens with zero attached hydrogens (tertiary/aromatic N) is 1. The average Bonchev–Trinajstić information content (AvgIpc) is 3.29. The van der Waals surface area contributed by atoms with Crippen LogP contribution in [0.15, 0.2) is 103 Å². The molecule has 1 aliphatic carbocycles. The van der Waals surface area contributed by atoms with Gasteiger partial charge in [-0.2, -0.15) is 0 Å². The largest absolute Gasteiger partial charge is 0.368 e. The van der Waals surface area contributed by atoms with Crippen molar-refractivity contribution in [3.63, 3.8) is 0 Å². The number of benzene rings is 3. The van der Waals surface area contributed by atoms with E-state index in [0.29, 0.717) is 11.8 Å². The molecule has 2 nitrogen and oxygen atoms in total. The number of hydrogen-bond acceptors (Lipinski definition) is 2. The third-order valence-corrected chi connectivity index (χ3v) is 7.72. The summed E-state index contributed by atoms with van der Waals surface area (Å²) >= 11 is 0. The lowest BCUT2D eigenvalue weighted by Gasteiger charge is -2.35. The first-order valence-electron chi connectivity index (χ1n) is 14.1. The van der Waals surface area contributed by atoms with E-state index in [1.165, 1.54) is 46.2 Å². The van der Waals surface area contributed by atoms with Gasteiger partial charge in [0.1, 0.15) is 6.10 Å². The minimum absolute atomic E-state index is 0.0703. The van der Waals surface area contributed by atoms with Crippen molar-refractivity contribution in [2.24, 2.45) is 5.92 Å². The first-order chi connectivity index (χ1) is 18.3. The molecule has 37 heavy (non-hydrogen) atoms. The fourth-order valence-corrected chi connectivity index (χ4v) is 5.81. The van der Waals surface area contributed by atoms with Gasteiger partial charge in [-0.05, 0) is 79.1 Å². The van der Waals surface area contributed by atoms with Crippen molar-refractivity contribution in [1.82, 2.24) is 4.90 Å². The minimum atomic E-state index is 0.0703. The highest BCUT2D eigenvalue weighted by molar-refractivity contribution is 5.78. The van der Waals surface area contributed by atoms with E-state index in [4.69, 9.17) is 4.74 Å². The lowest BCUT2D eigenvalue weighted by atomic mass is 9.88. The van der Waals surface area contributed by atoms with Gasteiger partial charge in [-0.3, -0.25) is 0 Å². The molecule has 1 aliphatic heterocycles. The predicted octanol–water partition coefficient (Wildman–Crippen LogP) is 8.82. The molecular weight excluding hydrogens is 450 g/mol. The fourth-order valence-electron chi connectivity index (χ4n) is 5.81. The van der Waals surface area contributed by atoms with E-state index in [1.807, 2.05) is 13.8 Å². The quantitative estimate of drug-likeness (QED) is 0.291. The van der Waals surface area contributed by atoms with Crippen molar-refractivity contribution in [3.8, 4) is 11.1 Å². The molecule has 1 fully saturated rings. The van der Waals surface area contributed by atoms with E-state index in [9.17, 15) is 0 Å². The summed E-state index contributed by atoms with van der Waals surface area (Å²) in [5.74, 6) is 1.04. The zero-order chi connectivity index (χ0) is 26.0. The Morgan fingerprint density at radius 2 is 1.41 bits per heavy atom. The Hall–Kier alpha value is -2.94. The maximum Gasteiger partial charge on any atom is 0.109 e. The number of ether oxygens (including phenoxy) is 1. The Morgan fingerprint density at radius 1 is 0.838 bits per heavy atom. The van der Waals surface area contributed by atoms with Gasteiger partial charge in [-0.1, -0.05) is 111 Å². The SMILES string of the molecule is C/C=C\C(=C/C)C(CN1CCC(COC2c3ccccc3-c3ccccc32)CC1)c1ccccc1.CC. The molecule has 0 amide bonds. The van der Waals surface area contributed by atoms with Gasteiger partial charge in [0.15, 0.2) is 0 Å². The molecule has 3 aromatic rings. The molecule has 2 heteroatoms. The molecule has 0 aromatic heterocycles. The molecule has 0 bridgehead atoms. The summed E-state index contributed by atoms with van der Waals surface area (Å²) in [6.45, 7) is 12.5. The molecule has 0 spiro atoms. The van der Waals surface area contributed by atoms with Crippen molar-refractivity contribution in [2.45, 2.75) is 52.6 Å². The topological polar surface area (TPSA) is 12.5 Å². The minimum Gasteiger partial charge on any atom is -0.368 e. The summed E-state index contributed by atoms with van der Waals surface area (Å²) in [4.78, 5) is 2.65. The van der Waals surface area contributed by atoms with Gasteiger partial charge >= 0.3 is 0 Å². The molecule has 1 saturated heterocycles. The maximum absolute atomic E-state index is 6.63. The van der Waals surface area contributed by atoms with Gasteiger partial charge < -0.3 is 9.64 Å². The van der Waals surface area contributed by atoms with Crippen LogP contribution in [0.4, 0.5) is 0 Å². The Balaban J connectivity index is 0.00000156. The normalized spacial score (nSPS) is 17.2. The third-order valence-electron chi connectivity index (χ3n) is 7.72. The van der Waals surface area contributed by atoms with Crippen LogP contribution in [0.1, 0.15) is 69.2 Å². The van der Waals surface area contributed by atoms with Gasteiger partial charge in [0.25, 0.3) is 0 Å². The molecule has 5 rings (SSSR count). The van der Waals surface area contributed by atoms with Crippen LogP contribution in [0.5, 0.6) is 0 Å². The van der Waals surface area contributed by atoms with Crippen LogP contribution in [-0.4, -0.2) is 31.1 Å². The molecule has 1 unspecified atom stereocenters. The molecule has 0 radical (unpaired) electrons. The molecule has 2 aliphatic rings. The van der Waals surface area contributed by atoms with E-state index in [1.54, 1.807) is 0 Å². The summed E-state index contributed by atoms with van der Waals surface area (Å²) in [5.41, 5.74) is 8.11. The monoisotopic (exact) mass is 493 g/mol. The number of rotatable bonds is 8. The van der Waals surface area contributed by atoms with E-state index in [2.05, 4.69) is 116 Å². The van der Waals surface area contributed by atoms with Crippen LogP contribution >= 0.6 is 0 Å². The summed E-state index contributed by atoms with van der Waals surface area (Å²) in [5, 5.41) is 0. The Bertz CT molecular complexity index is 1130. The van der Waals surface area contributed by atoms with Crippen molar-refractivity contribution < 1.29 is 4.74 Å². The molecule has 3 aromatic carbocycles. The van der Waals surface area contributed by atoms with Crippen LogP contribution in [0.2, 0.25) is 0 Å². The standard InChI is InChI=1S/C33H37NO.C2H6/c1-3-12-26(4-2)32(27-13-6-5-7-14-27)23-34-21-19-25(20-22-34)24-35-33-30-17-10-8-15-28(30)29-16-9-11-18-31(29)33;1-2/h3-18,25,32-33H,19-24H2,1-2H3;1-2H3/b12-3-,26-4+;. The van der Waals surface area contributed by atoms with Crippen LogP contribution in [0, 0.1) is 5.92 Å². The highest BCUT2D eigenvalue weighted by atomic mass is 16.5. The summed E-state index contributed by atoms with van der Waals surface area (Å²) in [6, 6.07) is 28.4. The number of fused-ring (bicyclic) bond motifs is 3. The Labute approximate surface area is 224 Å². The number of likely N-dealkylation sites (tertiary alicyclic amines) is 1. The number of hydrogen-bond donors (Lipinski definition) is 0. The highest BCUT2D eigenvalue weighted by Gasteiger charge is 2.30.